The first-order valence-electron chi connectivity index (χ1n) is 7.82. The topological polar surface area (TPSA) is 29.3 Å². The van der Waals surface area contributed by atoms with E-state index < -0.39 is 0 Å². The number of nitrogens with zero attached hydrogens (tertiary/aromatic N) is 1. The van der Waals surface area contributed by atoms with Crippen molar-refractivity contribution in [3.05, 3.63) is 35.4 Å². The zero-order valence-electron chi connectivity index (χ0n) is 12.6. The number of benzene rings is 1. The average Bonchev–Trinajstić information content (AvgIpc) is 2.49. The third-order valence-electron chi connectivity index (χ3n) is 4.14. The molecule has 2 heteroatoms. The fourth-order valence-electron chi connectivity index (χ4n) is 3.01. The van der Waals surface area contributed by atoms with Crippen LogP contribution in [0.2, 0.25) is 0 Å². The maximum atomic E-state index is 5.47. The molecule has 0 atom stereocenters. The van der Waals surface area contributed by atoms with Crippen molar-refractivity contribution < 1.29 is 0 Å². The number of hydrogen-bond donors (Lipinski definition) is 1. The van der Waals surface area contributed by atoms with Crippen LogP contribution in [0.4, 0.5) is 0 Å². The summed E-state index contributed by atoms with van der Waals surface area (Å²) in [5, 5.41) is 0. The summed E-state index contributed by atoms with van der Waals surface area (Å²) in [5.74, 6) is 7.10. The molecule has 0 unspecified atom stereocenters. The van der Waals surface area contributed by atoms with E-state index in [2.05, 4.69) is 47.9 Å². The molecular formula is C18H26N2. The van der Waals surface area contributed by atoms with Gasteiger partial charge in [0.2, 0.25) is 0 Å². The first-order valence-corrected chi connectivity index (χ1v) is 7.82. The Labute approximate surface area is 123 Å². The molecular weight excluding hydrogens is 244 g/mol. The number of rotatable bonds is 4. The van der Waals surface area contributed by atoms with Gasteiger partial charge in [-0.15, -0.1) is 0 Å². The molecule has 0 spiro atoms. The number of nitrogens with two attached hydrogens (primary N) is 1. The maximum Gasteiger partial charge on any atom is 0.0555 e. The molecule has 0 aromatic heterocycles. The van der Waals surface area contributed by atoms with Crippen molar-refractivity contribution in [3.63, 3.8) is 0 Å². The van der Waals surface area contributed by atoms with Crippen molar-refractivity contribution in [3.8, 4) is 11.8 Å². The van der Waals surface area contributed by atoms with Gasteiger partial charge in [-0.1, -0.05) is 49.8 Å². The lowest BCUT2D eigenvalue weighted by molar-refractivity contribution is 0.171. The second-order valence-electron chi connectivity index (χ2n) is 5.67. The third kappa shape index (κ3) is 4.37. The summed E-state index contributed by atoms with van der Waals surface area (Å²) in [7, 11) is 0. The number of hydrogen-bond acceptors (Lipinski definition) is 2. The summed E-state index contributed by atoms with van der Waals surface area (Å²) in [6, 6.07) is 8.45. The van der Waals surface area contributed by atoms with Crippen molar-refractivity contribution in [2.75, 3.05) is 19.6 Å². The molecule has 0 bridgehead atoms. The molecule has 1 fully saturated rings. The van der Waals surface area contributed by atoms with Crippen molar-refractivity contribution in [2.45, 2.75) is 39.2 Å². The van der Waals surface area contributed by atoms with E-state index in [4.69, 9.17) is 5.73 Å². The molecule has 20 heavy (non-hydrogen) atoms. The van der Waals surface area contributed by atoms with Crippen LogP contribution in [-0.4, -0.2) is 24.5 Å². The largest absolute Gasteiger partial charge is 0.320 e. The summed E-state index contributed by atoms with van der Waals surface area (Å²) in [6.07, 6.45) is 5.42. The van der Waals surface area contributed by atoms with Crippen LogP contribution in [0.3, 0.4) is 0 Å². The highest BCUT2D eigenvalue weighted by atomic mass is 15.1. The van der Waals surface area contributed by atoms with E-state index in [0.29, 0.717) is 6.54 Å². The second-order valence-corrected chi connectivity index (χ2v) is 5.67. The third-order valence-corrected chi connectivity index (χ3v) is 4.14. The smallest absolute Gasteiger partial charge is 0.0555 e. The second kappa shape index (κ2) is 8.09. The summed E-state index contributed by atoms with van der Waals surface area (Å²) in [6.45, 7) is 6.19. The molecule has 0 radical (unpaired) electrons. The van der Waals surface area contributed by atoms with Crippen LogP contribution in [0.5, 0.6) is 0 Å². The lowest BCUT2D eigenvalue weighted by Gasteiger charge is -2.32. The number of likely N-dealkylation sites (tertiary alicyclic amines) is 1. The molecule has 0 saturated carbocycles. The van der Waals surface area contributed by atoms with Crippen molar-refractivity contribution in [2.24, 2.45) is 11.7 Å². The van der Waals surface area contributed by atoms with Crippen molar-refractivity contribution >= 4 is 0 Å². The van der Waals surface area contributed by atoms with Crippen molar-refractivity contribution in [1.82, 2.24) is 4.90 Å². The van der Waals surface area contributed by atoms with Gasteiger partial charge in [-0.3, -0.25) is 4.90 Å². The van der Waals surface area contributed by atoms with Gasteiger partial charge in [0, 0.05) is 12.1 Å². The van der Waals surface area contributed by atoms with Gasteiger partial charge in [-0.05, 0) is 43.5 Å². The Kier molecular flexibility index (Phi) is 6.11. The minimum atomic E-state index is 0.427. The monoisotopic (exact) mass is 270 g/mol. The molecule has 1 aliphatic heterocycles. The van der Waals surface area contributed by atoms with Gasteiger partial charge in [0.1, 0.15) is 0 Å². The molecule has 1 aromatic carbocycles. The van der Waals surface area contributed by atoms with E-state index in [1.807, 2.05) is 0 Å². The van der Waals surface area contributed by atoms with Crippen LogP contribution in [0.15, 0.2) is 24.3 Å². The normalized spacial score (nSPS) is 16.7. The SMILES string of the molecule is CCCC1CCN(Cc2ccccc2C#CCN)CC1. The van der Waals surface area contributed by atoms with Crippen LogP contribution < -0.4 is 5.73 Å². The minimum absolute atomic E-state index is 0.427. The molecule has 0 aliphatic carbocycles. The van der Waals surface area contributed by atoms with Gasteiger partial charge in [0.05, 0.1) is 6.54 Å². The van der Waals surface area contributed by atoms with Crippen LogP contribution in [0.1, 0.15) is 43.7 Å². The molecule has 2 nitrogen and oxygen atoms in total. The highest BCUT2D eigenvalue weighted by Gasteiger charge is 2.18. The first kappa shape index (κ1) is 15.1. The Hall–Kier alpha value is -1.30. The Morgan fingerprint density at radius 3 is 2.70 bits per heavy atom. The fraction of sp³-hybridized carbons (Fsp3) is 0.556. The Morgan fingerprint density at radius 2 is 2.00 bits per heavy atom. The van der Waals surface area contributed by atoms with E-state index in [1.54, 1.807) is 0 Å². The molecule has 2 rings (SSSR count). The van der Waals surface area contributed by atoms with Crippen LogP contribution in [-0.2, 0) is 6.54 Å². The van der Waals surface area contributed by atoms with Gasteiger partial charge in [0.25, 0.3) is 0 Å². The molecule has 108 valence electrons. The summed E-state index contributed by atoms with van der Waals surface area (Å²) >= 11 is 0. The predicted molar refractivity (Wildman–Crippen MR) is 85.3 cm³/mol. The van der Waals surface area contributed by atoms with Gasteiger partial charge >= 0.3 is 0 Å². The average molecular weight is 270 g/mol. The summed E-state index contributed by atoms with van der Waals surface area (Å²) in [4.78, 5) is 2.56. The van der Waals surface area contributed by atoms with Crippen LogP contribution in [0.25, 0.3) is 0 Å². The van der Waals surface area contributed by atoms with E-state index in [9.17, 15) is 0 Å². The standard InChI is InChI=1S/C18H26N2/c1-2-6-16-10-13-20(14-11-16)15-18-8-4-3-7-17(18)9-5-12-19/h3-4,7-8,16H,2,6,10-15,19H2,1H3. The zero-order valence-corrected chi connectivity index (χ0v) is 12.6. The van der Waals surface area contributed by atoms with Gasteiger partial charge < -0.3 is 5.73 Å². The van der Waals surface area contributed by atoms with Gasteiger partial charge in [-0.2, -0.15) is 0 Å². The Morgan fingerprint density at radius 1 is 1.25 bits per heavy atom. The molecule has 1 aliphatic rings. The lowest BCUT2D eigenvalue weighted by Crippen LogP contribution is -2.33. The number of piperidine rings is 1. The van der Waals surface area contributed by atoms with E-state index in [0.717, 1.165) is 18.0 Å². The quantitative estimate of drug-likeness (QED) is 0.852. The Bertz CT molecular complexity index is 462. The van der Waals surface area contributed by atoms with E-state index in [-0.39, 0.29) is 0 Å². The van der Waals surface area contributed by atoms with E-state index >= 15 is 0 Å². The van der Waals surface area contributed by atoms with Gasteiger partial charge in [-0.25, -0.2) is 0 Å². The maximum absolute atomic E-state index is 5.47. The van der Waals surface area contributed by atoms with E-state index in [1.165, 1.54) is 44.3 Å². The predicted octanol–water partition coefficient (Wildman–Crippen LogP) is 3.01. The zero-order chi connectivity index (χ0) is 14.2. The Balaban J connectivity index is 1.94. The van der Waals surface area contributed by atoms with Gasteiger partial charge in [0.15, 0.2) is 0 Å². The van der Waals surface area contributed by atoms with Crippen LogP contribution >= 0.6 is 0 Å². The molecule has 1 heterocycles. The molecule has 0 amide bonds. The molecule has 2 N–H and O–H groups in total. The first-order chi connectivity index (χ1) is 9.83. The highest BCUT2D eigenvalue weighted by molar-refractivity contribution is 5.41. The fourth-order valence-corrected chi connectivity index (χ4v) is 3.01. The van der Waals surface area contributed by atoms with Crippen LogP contribution in [0, 0.1) is 17.8 Å². The molecule has 1 aromatic rings. The summed E-state index contributed by atoms with van der Waals surface area (Å²) in [5.41, 5.74) is 7.94. The lowest BCUT2D eigenvalue weighted by atomic mass is 9.92. The minimum Gasteiger partial charge on any atom is -0.320 e. The molecule has 1 saturated heterocycles. The summed E-state index contributed by atoms with van der Waals surface area (Å²) < 4.78 is 0. The van der Waals surface area contributed by atoms with Crippen molar-refractivity contribution in [1.29, 1.82) is 0 Å². The highest BCUT2D eigenvalue weighted by Crippen LogP contribution is 2.23.